The quantitative estimate of drug-likeness (QED) is 0.856. The van der Waals surface area contributed by atoms with Gasteiger partial charge in [-0.15, -0.1) is 0 Å². The van der Waals surface area contributed by atoms with E-state index in [1.54, 1.807) is 10.6 Å². The molecular weight excluding hydrogens is 341 g/mol. The van der Waals surface area contributed by atoms with Crippen LogP contribution < -0.4 is 16.1 Å². The van der Waals surface area contributed by atoms with Crippen LogP contribution in [0, 0.1) is 5.82 Å². The molecule has 0 spiro atoms. The maximum absolute atomic E-state index is 14.8. The molecule has 8 heteroatoms. The van der Waals surface area contributed by atoms with Crippen molar-refractivity contribution >= 4 is 22.6 Å². The van der Waals surface area contributed by atoms with Gasteiger partial charge >= 0.3 is 5.97 Å². The minimum atomic E-state index is -1.32. The predicted molar refractivity (Wildman–Crippen MR) is 94.4 cm³/mol. The summed E-state index contributed by atoms with van der Waals surface area (Å²) in [4.78, 5) is 25.9. The van der Waals surface area contributed by atoms with E-state index in [1.807, 2.05) is 11.8 Å². The Kier molecular flexibility index (Phi) is 3.96. The molecule has 0 saturated carbocycles. The van der Waals surface area contributed by atoms with E-state index in [-0.39, 0.29) is 29.1 Å². The summed E-state index contributed by atoms with van der Waals surface area (Å²) in [5.74, 6) is -1.87. The van der Waals surface area contributed by atoms with Gasteiger partial charge in [0.1, 0.15) is 11.4 Å². The number of benzene rings is 1. The zero-order valence-electron chi connectivity index (χ0n) is 14.3. The molecule has 0 radical (unpaired) electrons. The third kappa shape index (κ3) is 2.57. The molecule has 2 unspecified atom stereocenters. The van der Waals surface area contributed by atoms with Gasteiger partial charge in [-0.3, -0.25) is 4.79 Å². The Morgan fingerprint density at radius 2 is 2.12 bits per heavy atom. The first-order valence-electron chi connectivity index (χ1n) is 8.58. The number of hydrogen-bond acceptors (Lipinski definition) is 5. The van der Waals surface area contributed by atoms with Crippen LogP contribution in [0.5, 0.6) is 0 Å². The summed E-state index contributed by atoms with van der Waals surface area (Å²) in [6, 6.07) is 2.75. The monoisotopic (exact) mass is 361 g/mol. The molecule has 2 atom stereocenters. The average Bonchev–Trinajstić information content (AvgIpc) is 2.86. The Balaban J connectivity index is 1.95. The van der Waals surface area contributed by atoms with Gasteiger partial charge in [0, 0.05) is 30.2 Å². The number of halogens is 1. The van der Waals surface area contributed by atoms with Crippen molar-refractivity contribution in [2.75, 3.05) is 24.7 Å². The molecule has 7 nitrogen and oxygen atoms in total. The number of ether oxygens (including phenoxy) is 1. The first-order chi connectivity index (χ1) is 12.4. The van der Waals surface area contributed by atoms with Gasteiger partial charge in [-0.1, -0.05) is 0 Å². The van der Waals surface area contributed by atoms with E-state index in [1.165, 1.54) is 6.20 Å². The number of carbonyl (C=O) groups is 1. The van der Waals surface area contributed by atoms with Gasteiger partial charge in [0.15, 0.2) is 0 Å². The first kappa shape index (κ1) is 17.0. The predicted octanol–water partition coefficient (Wildman–Crippen LogP) is 1.34. The summed E-state index contributed by atoms with van der Waals surface area (Å²) in [5.41, 5.74) is 5.85. The molecule has 138 valence electrons. The van der Waals surface area contributed by atoms with Crippen LogP contribution in [-0.2, 0) is 4.74 Å². The summed E-state index contributed by atoms with van der Waals surface area (Å²) in [5, 5.41) is 9.39. The molecular formula is C18H20FN3O4. The number of aromatic nitrogens is 1. The minimum absolute atomic E-state index is 0.0308. The normalized spacial score (nSPS) is 23.4. The number of pyridine rings is 1. The molecule has 1 aromatic carbocycles. The molecule has 3 N–H and O–H groups in total. The molecule has 2 aliphatic rings. The van der Waals surface area contributed by atoms with Crippen molar-refractivity contribution in [3.05, 3.63) is 39.9 Å². The number of anilines is 1. The maximum Gasteiger partial charge on any atom is 0.341 e. The highest BCUT2D eigenvalue weighted by atomic mass is 19.1. The number of carboxylic acid groups (broad SMARTS) is 1. The molecule has 2 saturated heterocycles. The molecule has 2 fully saturated rings. The lowest BCUT2D eigenvalue weighted by molar-refractivity contribution is -0.0217. The Hall–Kier alpha value is -2.45. The largest absolute Gasteiger partial charge is 0.477 e. The topological polar surface area (TPSA) is 97.8 Å². The molecule has 2 aromatic rings. The molecule has 0 bridgehead atoms. The Morgan fingerprint density at radius 3 is 2.65 bits per heavy atom. The summed E-state index contributed by atoms with van der Waals surface area (Å²) in [6.07, 6.45) is 2.10. The average molecular weight is 361 g/mol. The lowest BCUT2D eigenvalue weighted by atomic mass is 10.1. The second-order valence-electron chi connectivity index (χ2n) is 7.09. The Labute approximate surface area is 148 Å². The van der Waals surface area contributed by atoms with E-state index >= 15 is 0 Å². The highest BCUT2D eigenvalue weighted by Crippen LogP contribution is 2.32. The SMILES string of the molecule is CC1CC(N)CN1c1cc2c(cc1F)c(=O)c(C(=O)O)cn2C1COC1. The van der Waals surface area contributed by atoms with Gasteiger partial charge in [0.2, 0.25) is 5.43 Å². The lowest BCUT2D eigenvalue weighted by Gasteiger charge is -2.31. The van der Waals surface area contributed by atoms with Crippen molar-refractivity contribution in [1.82, 2.24) is 4.57 Å². The van der Waals surface area contributed by atoms with E-state index in [4.69, 9.17) is 10.5 Å². The van der Waals surface area contributed by atoms with Crippen molar-refractivity contribution in [2.24, 2.45) is 5.73 Å². The number of nitrogens with zero attached hydrogens (tertiary/aromatic N) is 2. The number of hydrogen-bond donors (Lipinski definition) is 2. The van der Waals surface area contributed by atoms with Gasteiger partial charge in [-0.2, -0.15) is 0 Å². The van der Waals surface area contributed by atoms with Crippen molar-refractivity contribution in [3.63, 3.8) is 0 Å². The second kappa shape index (κ2) is 6.07. The lowest BCUT2D eigenvalue weighted by Crippen LogP contribution is -2.33. The van der Waals surface area contributed by atoms with Crippen LogP contribution in [0.2, 0.25) is 0 Å². The van der Waals surface area contributed by atoms with Crippen molar-refractivity contribution < 1.29 is 19.0 Å². The van der Waals surface area contributed by atoms with Crippen molar-refractivity contribution in [1.29, 1.82) is 0 Å². The number of fused-ring (bicyclic) bond motifs is 1. The number of aromatic carboxylic acids is 1. The van der Waals surface area contributed by atoms with Crippen molar-refractivity contribution in [3.8, 4) is 0 Å². The fraction of sp³-hybridized carbons (Fsp3) is 0.444. The molecule has 0 amide bonds. The Morgan fingerprint density at radius 1 is 1.38 bits per heavy atom. The number of carboxylic acids is 1. The summed E-state index contributed by atoms with van der Waals surface area (Å²) >= 11 is 0. The molecule has 4 rings (SSSR count). The zero-order valence-corrected chi connectivity index (χ0v) is 14.3. The summed E-state index contributed by atoms with van der Waals surface area (Å²) in [6.45, 7) is 3.37. The number of rotatable bonds is 3. The van der Waals surface area contributed by atoms with Gasteiger partial charge in [-0.25, -0.2) is 9.18 Å². The van der Waals surface area contributed by atoms with Crippen LogP contribution in [0.15, 0.2) is 23.1 Å². The zero-order chi connectivity index (χ0) is 18.6. The Bertz CT molecular complexity index is 954. The van der Waals surface area contributed by atoms with Gasteiger partial charge in [0.05, 0.1) is 30.5 Å². The van der Waals surface area contributed by atoms with Gasteiger partial charge in [-0.05, 0) is 25.5 Å². The van der Waals surface area contributed by atoms with Gasteiger partial charge in [0.25, 0.3) is 0 Å². The van der Waals surface area contributed by atoms with Crippen molar-refractivity contribution in [2.45, 2.75) is 31.5 Å². The van der Waals surface area contributed by atoms with Crippen LogP contribution >= 0.6 is 0 Å². The summed E-state index contributed by atoms with van der Waals surface area (Å²) < 4.78 is 21.7. The highest BCUT2D eigenvalue weighted by Gasteiger charge is 2.30. The third-order valence-corrected chi connectivity index (χ3v) is 5.26. The molecule has 3 heterocycles. The summed E-state index contributed by atoms with van der Waals surface area (Å²) in [7, 11) is 0. The van der Waals surface area contributed by atoms with Gasteiger partial charge < -0.3 is 25.0 Å². The van der Waals surface area contributed by atoms with E-state index in [0.717, 1.165) is 12.5 Å². The molecule has 26 heavy (non-hydrogen) atoms. The van der Waals surface area contributed by atoms with Crippen LogP contribution in [0.1, 0.15) is 29.7 Å². The minimum Gasteiger partial charge on any atom is -0.477 e. The first-order valence-corrected chi connectivity index (χ1v) is 8.58. The van der Waals surface area contributed by atoms with E-state index in [0.29, 0.717) is 31.0 Å². The highest BCUT2D eigenvalue weighted by molar-refractivity contribution is 5.93. The van der Waals surface area contributed by atoms with E-state index in [9.17, 15) is 19.1 Å². The molecule has 2 aliphatic heterocycles. The fourth-order valence-electron chi connectivity index (χ4n) is 3.83. The van der Waals surface area contributed by atoms with Crippen LogP contribution in [-0.4, -0.2) is 47.5 Å². The van der Waals surface area contributed by atoms with Crippen LogP contribution in [0.25, 0.3) is 10.9 Å². The fourth-order valence-corrected chi connectivity index (χ4v) is 3.83. The molecule has 1 aromatic heterocycles. The maximum atomic E-state index is 14.8. The van der Waals surface area contributed by atoms with E-state index < -0.39 is 17.2 Å². The van der Waals surface area contributed by atoms with Crippen LogP contribution in [0.3, 0.4) is 0 Å². The molecule has 0 aliphatic carbocycles. The third-order valence-electron chi connectivity index (χ3n) is 5.26. The van der Waals surface area contributed by atoms with E-state index in [2.05, 4.69) is 0 Å². The second-order valence-corrected chi connectivity index (χ2v) is 7.09. The number of nitrogens with two attached hydrogens (primary N) is 1. The smallest absolute Gasteiger partial charge is 0.341 e. The standard InChI is InChI=1S/C18H20FN3O4/c1-9-2-10(20)5-21(9)16-4-15-12(3-14(16)19)17(23)13(18(24)25)6-22(15)11-7-26-8-11/h3-4,6,9-11H,2,5,7-8,20H2,1H3,(H,24,25). The van der Waals surface area contributed by atoms with Crippen LogP contribution in [0.4, 0.5) is 10.1 Å².